The predicted molar refractivity (Wildman–Crippen MR) is 65.9 cm³/mol. The summed E-state index contributed by atoms with van der Waals surface area (Å²) >= 11 is 3.33. The molecular weight excluding hydrogens is 254 g/mol. The topological polar surface area (TPSA) is 29.1 Å². The molecule has 0 fully saturated rings. The Morgan fingerprint density at radius 2 is 2.40 bits per heavy atom. The lowest BCUT2D eigenvalue weighted by Crippen LogP contribution is -2.32. The number of carbonyl (C=O) groups is 1. The molecule has 0 aromatic heterocycles. The van der Waals surface area contributed by atoms with E-state index in [9.17, 15) is 4.79 Å². The number of benzene rings is 1. The van der Waals surface area contributed by atoms with Crippen LogP contribution in [0.15, 0.2) is 41.4 Å². The van der Waals surface area contributed by atoms with Gasteiger partial charge >= 0.3 is 0 Å². The van der Waals surface area contributed by atoms with Crippen LogP contribution in [-0.4, -0.2) is 11.9 Å². The van der Waals surface area contributed by atoms with Gasteiger partial charge in [0, 0.05) is 16.1 Å². The van der Waals surface area contributed by atoms with Crippen LogP contribution in [-0.2, 0) is 0 Å². The predicted octanol–water partition coefficient (Wildman–Crippen LogP) is 3.14. The van der Waals surface area contributed by atoms with Crippen molar-refractivity contribution in [2.75, 3.05) is 0 Å². The third kappa shape index (κ3) is 3.88. The minimum absolute atomic E-state index is 0.0503. The van der Waals surface area contributed by atoms with Gasteiger partial charge in [0.25, 0.3) is 5.91 Å². The zero-order valence-electron chi connectivity index (χ0n) is 8.66. The zero-order valence-corrected chi connectivity index (χ0v) is 10.3. The van der Waals surface area contributed by atoms with Crippen molar-refractivity contribution in [3.63, 3.8) is 0 Å². The van der Waals surface area contributed by atoms with Gasteiger partial charge in [-0.15, -0.1) is 6.58 Å². The highest BCUT2D eigenvalue weighted by Crippen LogP contribution is 2.11. The van der Waals surface area contributed by atoms with E-state index in [1.54, 1.807) is 18.2 Å². The van der Waals surface area contributed by atoms with Crippen LogP contribution in [0.4, 0.5) is 0 Å². The molecule has 0 saturated carbocycles. The van der Waals surface area contributed by atoms with E-state index in [2.05, 4.69) is 27.8 Å². The van der Waals surface area contributed by atoms with Crippen LogP contribution < -0.4 is 5.32 Å². The fourth-order valence-corrected chi connectivity index (χ4v) is 1.65. The molecule has 15 heavy (non-hydrogen) atoms. The Morgan fingerprint density at radius 1 is 1.67 bits per heavy atom. The molecule has 1 aromatic carbocycles. The molecule has 1 rings (SSSR count). The average molecular weight is 268 g/mol. The highest BCUT2D eigenvalue weighted by Gasteiger charge is 2.08. The summed E-state index contributed by atoms with van der Waals surface area (Å²) in [5.41, 5.74) is 0.667. The molecule has 0 aliphatic heterocycles. The minimum atomic E-state index is -0.0503. The van der Waals surface area contributed by atoms with E-state index in [-0.39, 0.29) is 11.9 Å². The van der Waals surface area contributed by atoms with Gasteiger partial charge in [-0.2, -0.15) is 0 Å². The molecule has 1 amide bonds. The lowest BCUT2D eigenvalue weighted by Gasteiger charge is -2.11. The molecule has 0 aliphatic carbocycles. The van der Waals surface area contributed by atoms with Crippen molar-refractivity contribution in [2.24, 2.45) is 0 Å². The Balaban J connectivity index is 2.65. The average Bonchev–Trinajstić information content (AvgIpc) is 2.18. The third-order valence-electron chi connectivity index (χ3n) is 1.98. The summed E-state index contributed by atoms with van der Waals surface area (Å²) in [6.07, 6.45) is 2.57. The lowest BCUT2D eigenvalue weighted by atomic mass is 10.2. The maximum Gasteiger partial charge on any atom is 0.251 e. The van der Waals surface area contributed by atoms with E-state index < -0.39 is 0 Å². The summed E-state index contributed by atoms with van der Waals surface area (Å²) in [6.45, 7) is 5.59. The minimum Gasteiger partial charge on any atom is -0.349 e. The van der Waals surface area contributed by atoms with Crippen molar-refractivity contribution in [1.82, 2.24) is 5.32 Å². The van der Waals surface area contributed by atoms with Gasteiger partial charge in [0.2, 0.25) is 0 Å². The van der Waals surface area contributed by atoms with Gasteiger partial charge in [-0.1, -0.05) is 28.1 Å². The summed E-state index contributed by atoms with van der Waals surface area (Å²) in [6, 6.07) is 7.45. The van der Waals surface area contributed by atoms with E-state index >= 15 is 0 Å². The largest absolute Gasteiger partial charge is 0.349 e. The molecule has 0 bridgehead atoms. The van der Waals surface area contributed by atoms with Crippen LogP contribution in [0.3, 0.4) is 0 Å². The number of rotatable bonds is 4. The number of halogens is 1. The normalized spacial score (nSPS) is 11.9. The maximum absolute atomic E-state index is 11.7. The molecule has 2 nitrogen and oxygen atoms in total. The molecule has 1 N–H and O–H groups in total. The van der Waals surface area contributed by atoms with Gasteiger partial charge in [-0.25, -0.2) is 0 Å². The number of carbonyl (C=O) groups excluding carboxylic acids is 1. The van der Waals surface area contributed by atoms with Gasteiger partial charge in [0.15, 0.2) is 0 Å². The Bertz CT molecular complexity index is 362. The first-order chi connectivity index (χ1) is 7.13. The van der Waals surface area contributed by atoms with Crippen LogP contribution in [0.25, 0.3) is 0 Å². The van der Waals surface area contributed by atoms with E-state index in [4.69, 9.17) is 0 Å². The SMILES string of the molecule is C=CCC(C)NC(=O)c1cccc(Br)c1. The second kappa shape index (κ2) is 5.71. The second-order valence-corrected chi connectivity index (χ2v) is 4.32. The van der Waals surface area contributed by atoms with Crippen LogP contribution >= 0.6 is 15.9 Å². The van der Waals surface area contributed by atoms with Crippen molar-refractivity contribution in [2.45, 2.75) is 19.4 Å². The lowest BCUT2D eigenvalue weighted by molar-refractivity contribution is 0.0940. The van der Waals surface area contributed by atoms with Gasteiger partial charge in [-0.3, -0.25) is 4.79 Å². The number of hydrogen-bond acceptors (Lipinski definition) is 1. The number of nitrogens with one attached hydrogen (secondary N) is 1. The van der Waals surface area contributed by atoms with E-state index in [1.165, 1.54) is 0 Å². The van der Waals surface area contributed by atoms with Crippen LogP contribution in [0.1, 0.15) is 23.7 Å². The molecule has 0 spiro atoms. The molecule has 0 saturated heterocycles. The zero-order chi connectivity index (χ0) is 11.3. The monoisotopic (exact) mass is 267 g/mol. The van der Waals surface area contributed by atoms with Crippen molar-refractivity contribution < 1.29 is 4.79 Å². The summed E-state index contributed by atoms with van der Waals surface area (Å²) in [5.74, 6) is -0.0503. The van der Waals surface area contributed by atoms with E-state index in [0.29, 0.717) is 5.56 Å². The maximum atomic E-state index is 11.7. The number of amides is 1. The fraction of sp³-hybridized carbons (Fsp3) is 0.250. The van der Waals surface area contributed by atoms with Gasteiger partial charge < -0.3 is 5.32 Å². The van der Waals surface area contributed by atoms with Gasteiger partial charge in [-0.05, 0) is 31.5 Å². The van der Waals surface area contributed by atoms with Crippen LogP contribution in [0.2, 0.25) is 0 Å². The standard InChI is InChI=1S/C12H14BrNO/c1-3-5-9(2)14-12(15)10-6-4-7-11(13)8-10/h3-4,6-9H,1,5H2,2H3,(H,14,15). The first-order valence-electron chi connectivity index (χ1n) is 4.81. The van der Waals surface area contributed by atoms with Gasteiger partial charge in [0.1, 0.15) is 0 Å². The summed E-state index contributed by atoms with van der Waals surface area (Å²) in [4.78, 5) is 11.7. The Hall–Kier alpha value is -1.09. The highest BCUT2D eigenvalue weighted by molar-refractivity contribution is 9.10. The number of hydrogen-bond donors (Lipinski definition) is 1. The highest BCUT2D eigenvalue weighted by atomic mass is 79.9. The van der Waals surface area contributed by atoms with Crippen molar-refractivity contribution in [3.05, 3.63) is 47.0 Å². The first kappa shape index (κ1) is 12.0. The molecule has 3 heteroatoms. The van der Waals surface area contributed by atoms with Crippen molar-refractivity contribution in [1.29, 1.82) is 0 Å². The van der Waals surface area contributed by atoms with Gasteiger partial charge in [0.05, 0.1) is 0 Å². The van der Waals surface area contributed by atoms with Crippen molar-refractivity contribution in [3.8, 4) is 0 Å². The van der Waals surface area contributed by atoms with Crippen LogP contribution in [0, 0.1) is 0 Å². The smallest absolute Gasteiger partial charge is 0.251 e. The second-order valence-electron chi connectivity index (χ2n) is 3.41. The van der Waals surface area contributed by atoms with E-state index in [0.717, 1.165) is 10.9 Å². The summed E-state index contributed by atoms with van der Waals surface area (Å²) in [5, 5.41) is 2.89. The molecule has 1 unspecified atom stereocenters. The Morgan fingerprint density at radius 3 is 3.00 bits per heavy atom. The fourth-order valence-electron chi connectivity index (χ4n) is 1.25. The molecular formula is C12H14BrNO. The first-order valence-corrected chi connectivity index (χ1v) is 5.60. The van der Waals surface area contributed by atoms with Crippen LogP contribution in [0.5, 0.6) is 0 Å². The Labute approximate surface area is 98.5 Å². The molecule has 0 heterocycles. The summed E-state index contributed by atoms with van der Waals surface area (Å²) < 4.78 is 0.909. The van der Waals surface area contributed by atoms with Crippen molar-refractivity contribution >= 4 is 21.8 Å². The molecule has 1 atom stereocenters. The molecule has 1 aromatic rings. The molecule has 0 radical (unpaired) electrons. The molecule has 80 valence electrons. The summed E-state index contributed by atoms with van der Waals surface area (Å²) in [7, 11) is 0. The third-order valence-corrected chi connectivity index (χ3v) is 2.48. The van der Waals surface area contributed by atoms with E-state index in [1.807, 2.05) is 19.1 Å². The quantitative estimate of drug-likeness (QED) is 0.835. The molecule has 0 aliphatic rings. The Kier molecular flexibility index (Phi) is 4.56.